The first-order chi connectivity index (χ1) is 21.1. The maximum atomic E-state index is 12.6. The molecule has 5 aromatic rings. The van der Waals surface area contributed by atoms with Crippen LogP contribution in [0.2, 0.25) is 0 Å². The number of hydrogen-bond acceptors (Lipinski definition) is 10. The SMILES string of the molecule is CC(C)(C)c1cc(NC(=O)Nc2ccc(-n3nc(-c4ccc(C(N)=O)c(N5CCOCC5)c4)c4c(N)ncnc43)cc2)no1. The minimum atomic E-state index is -0.519. The number of carbonyl (C=O) groups is 2. The summed E-state index contributed by atoms with van der Waals surface area (Å²) in [6.07, 6.45) is 1.38. The van der Waals surface area contributed by atoms with E-state index in [9.17, 15) is 9.59 Å². The quantitative estimate of drug-likeness (QED) is 0.223. The first-order valence-electron chi connectivity index (χ1n) is 14.0. The van der Waals surface area contributed by atoms with Crippen LogP contribution in [0.4, 0.5) is 27.8 Å². The highest BCUT2D eigenvalue weighted by Crippen LogP contribution is 2.35. The van der Waals surface area contributed by atoms with Gasteiger partial charge in [-0.1, -0.05) is 32.0 Å². The van der Waals surface area contributed by atoms with E-state index in [2.05, 4.69) is 30.7 Å². The number of nitrogens with one attached hydrogen (secondary N) is 2. The lowest BCUT2D eigenvalue weighted by Crippen LogP contribution is -2.37. The minimum absolute atomic E-state index is 0.233. The second kappa shape index (κ2) is 11.3. The van der Waals surface area contributed by atoms with Crippen molar-refractivity contribution >= 4 is 46.0 Å². The lowest BCUT2D eigenvalue weighted by atomic mass is 9.93. The number of aromatic nitrogens is 5. The maximum Gasteiger partial charge on any atom is 0.324 e. The van der Waals surface area contributed by atoms with Crippen LogP contribution in [0.5, 0.6) is 0 Å². The van der Waals surface area contributed by atoms with Crippen LogP contribution in [-0.4, -0.2) is 63.1 Å². The average Bonchev–Trinajstić information content (AvgIpc) is 3.64. The molecule has 1 saturated heterocycles. The van der Waals surface area contributed by atoms with E-state index in [1.807, 2.05) is 26.8 Å². The third kappa shape index (κ3) is 5.62. The van der Waals surface area contributed by atoms with E-state index in [-0.39, 0.29) is 11.2 Å². The maximum absolute atomic E-state index is 12.6. The number of benzene rings is 2. The Bertz CT molecular complexity index is 1850. The Kier molecular flexibility index (Phi) is 7.35. The Labute approximate surface area is 252 Å². The van der Waals surface area contributed by atoms with Crippen molar-refractivity contribution in [1.82, 2.24) is 24.9 Å². The summed E-state index contributed by atoms with van der Waals surface area (Å²) in [6.45, 7) is 8.32. The number of nitrogens with two attached hydrogens (primary N) is 2. The van der Waals surface area contributed by atoms with Crippen molar-refractivity contribution in [1.29, 1.82) is 0 Å². The van der Waals surface area contributed by atoms with Gasteiger partial charge in [0.1, 0.15) is 23.6 Å². The molecule has 0 aliphatic carbocycles. The van der Waals surface area contributed by atoms with E-state index in [1.54, 1.807) is 47.1 Å². The third-order valence-corrected chi connectivity index (χ3v) is 7.24. The molecule has 226 valence electrons. The molecule has 1 aliphatic rings. The molecule has 14 nitrogen and oxygen atoms in total. The van der Waals surface area contributed by atoms with Crippen molar-refractivity contribution in [2.45, 2.75) is 26.2 Å². The van der Waals surface area contributed by atoms with Gasteiger partial charge in [0.05, 0.1) is 35.5 Å². The molecule has 0 bridgehead atoms. The zero-order chi connectivity index (χ0) is 31.0. The van der Waals surface area contributed by atoms with Gasteiger partial charge in [0.25, 0.3) is 5.91 Å². The van der Waals surface area contributed by atoms with Gasteiger partial charge in [0.15, 0.2) is 11.5 Å². The van der Waals surface area contributed by atoms with Crippen LogP contribution in [0.15, 0.2) is 59.4 Å². The van der Waals surface area contributed by atoms with E-state index >= 15 is 0 Å². The van der Waals surface area contributed by atoms with Crippen LogP contribution < -0.4 is 27.0 Å². The van der Waals surface area contributed by atoms with Crippen molar-refractivity contribution in [2.75, 3.05) is 47.6 Å². The molecule has 6 rings (SSSR count). The molecule has 0 radical (unpaired) electrons. The normalized spacial score (nSPS) is 13.7. The summed E-state index contributed by atoms with van der Waals surface area (Å²) >= 11 is 0. The van der Waals surface area contributed by atoms with Gasteiger partial charge in [-0.2, -0.15) is 5.10 Å². The van der Waals surface area contributed by atoms with Gasteiger partial charge in [0, 0.05) is 35.8 Å². The lowest BCUT2D eigenvalue weighted by molar-refractivity contribution is 0.0998. The Morgan fingerprint density at radius 2 is 1.73 bits per heavy atom. The monoisotopic (exact) mass is 596 g/mol. The number of anilines is 4. The molecule has 0 saturated carbocycles. The predicted molar refractivity (Wildman–Crippen MR) is 166 cm³/mol. The summed E-state index contributed by atoms with van der Waals surface area (Å²) in [5.41, 5.74) is 15.9. The van der Waals surface area contributed by atoms with Gasteiger partial charge in [-0.25, -0.2) is 19.4 Å². The van der Waals surface area contributed by atoms with Crippen LogP contribution in [0.1, 0.15) is 36.9 Å². The van der Waals surface area contributed by atoms with E-state index < -0.39 is 11.9 Å². The fourth-order valence-corrected chi connectivity index (χ4v) is 4.96. The number of morpholine rings is 1. The van der Waals surface area contributed by atoms with Gasteiger partial charge >= 0.3 is 6.03 Å². The summed E-state index contributed by atoms with van der Waals surface area (Å²) in [6, 6.07) is 13.7. The van der Waals surface area contributed by atoms with E-state index in [0.29, 0.717) is 77.2 Å². The molecule has 0 spiro atoms. The number of amides is 3. The van der Waals surface area contributed by atoms with Crippen molar-refractivity contribution in [3.63, 3.8) is 0 Å². The van der Waals surface area contributed by atoms with Crippen LogP contribution in [0, 0.1) is 0 Å². The largest absolute Gasteiger partial charge is 0.383 e. The molecule has 1 fully saturated rings. The van der Waals surface area contributed by atoms with E-state index in [1.165, 1.54) is 6.33 Å². The number of hydrogen-bond donors (Lipinski definition) is 4. The molecule has 3 amide bonds. The summed E-state index contributed by atoms with van der Waals surface area (Å²) in [7, 11) is 0. The highest BCUT2D eigenvalue weighted by atomic mass is 16.5. The number of urea groups is 1. The Hall–Kier alpha value is -5.50. The molecule has 6 N–H and O–H groups in total. The smallest absolute Gasteiger partial charge is 0.324 e. The summed E-state index contributed by atoms with van der Waals surface area (Å²) in [5.74, 6) is 0.723. The van der Waals surface area contributed by atoms with Gasteiger partial charge in [-0.15, -0.1) is 0 Å². The number of fused-ring (bicyclic) bond motifs is 1. The number of rotatable bonds is 6. The minimum Gasteiger partial charge on any atom is -0.383 e. The van der Waals surface area contributed by atoms with E-state index in [0.717, 1.165) is 5.56 Å². The Morgan fingerprint density at radius 1 is 0.977 bits per heavy atom. The number of carbonyl (C=O) groups excluding carboxylic acids is 2. The van der Waals surface area contributed by atoms with Gasteiger partial charge < -0.3 is 30.9 Å². The molecule has 14 heteroatoms. The van der Waals surface area contributed by atoms with E-state index in [4.69, 9.17) is 25.8 Å². The molecule has 1 aliphatic heterocycles. The first kappa shape index (κ1) is 28.6. The molecule has 0 unspecified atom stereocenters. The average molecular weight is 597 g/mol. The van der Waals surface area contributed by atoms with Crippen LogP contribution in [0.25, 0.3) is 28.0 Å². The van der Waals surface area contributed by atoms with Crippen LogP contribution in [-0.2, 0) is 10.2 Å². The highest BCUT2D eigenvalue weighted by Gasteiger charge is 2.23. The molecule has 0 atom stereocenters. The number of ether oxygens (including phenoxy) is 1. The zero-order valence-corrected chi connectivity index (χ0v) is 24.5. The van der Waals surface area contributed by atoms with Crippen molar-refractivity contribution in [3.8, 4) is 16.9 Å². The zero-order valence-electron chi connectivity index (χ0n) is 24.5. The van der Waals surface area contributed by atoms with Crippen molar-refractivity contribution in [3.05, 3.63) is 66.2 Å². The van der Waals surface area contributed by atoms with Gasteiger partial charge in [0.2, 0.25) is 0 Å². The first-order valence-corrected chi connectivity index (χ1v) is 14.0. The molecule has 4 heterocycles. The van der Waals surface area contributed by atoms with Crippen molar-refractivity contribution in [2.24, 2.45) is 5.73 Å². The third-order valence-electron chi connectivity index (χ3n) is 7.24. The summed E-state index contributed by atoms with van der Waals surface area (Å²) in [4.78, 5) is 35.6. The topological polar surface area (TPSA) is 192 Å². The molecule has 2 aromatic carbocycles. The van der Waals surface area contributed by atoms with Gasteiger partial charge in [-0.3, -0.25) is 10.1 Å². The molecular weight excluding hydrogens is 564 g/mol. The highest BCUT2D eigenvalue weighted by molar-refractivity contribution is 6.03. The van der Waals surface area contributed by atoms with Gasteiger partial charge in [-0.05, 0) is 36.4 Å². The standard InChI is InChI=1S/C30H32N10O4/c1-30(2,3)22-15-23(38-44-22)36-29(42)35-18-5-7-19(8-6-18)40-28-24(26(31)33-16-34-28)25(37-40)17-4-9-20(27(32)41)21(14-17)39-10-12-43-13-11-39/h4-9,14-16H,10-13H2,1-3H3,(H2,32,41)(H2,31,33,34)(H2,35,36,38,42). The Morgan fingerprint density at radius 3 is 2.41 bits per heavy atom. The number of nitrogens with zero attached hydrogens (tertiary/aromatic N) is 6. The van der Waals surface area contributed by atoms with Crippen molar-refractivity contribution < 1.29 is 18.8 Å². The van der Waals surface area contributed by atoms with Crippen LogP contribution >= 0.6 is 0 Å². The molecule has 3 aromatic heterocycles. The second-order valence-electron chi connectivity index (χ2n) is 11.4. The molecule has 44 heavy (non-hydrogen) atoms. The second-order valence-corrected chi connectivity index (χ2v) is 11.4. The summed E-state index contributed by atoms with van der Waals surface area (Å²) in [5, 5.41) is 14.8. The number of nitrogen functional groups attached to an aromatic ring is 1. The molecular formula is C30H32N10O4. The van der Waals surface area contributed by atoms with Crippen LogP contribution in [0.3, 0.4) is 0 Å². The predicted octanol–water partition coefficient (Wildman–Crippen LogP) is 3.93. The Balaban J connectivity index is 1.29. The fraction of sp³-hybridized carbons (Fsp3) is 0.267. The number of primary amides is 1. The lowest BCUT2D eigenvalue weighted by Gasteiger charge is -2.30. The summed E-state index contributed by atoms with van der Waals surface area (Å²) < 4.78 is 12.5. The fourth-order valence-electron chi connectivity index (χ4n) is 4.96.